The molecule has 4 aromatic rings. The van der Waals surface area contributed by atoms with E-state index in [0.717, 1.165) is 83.0 Å². The molecule has 7 rings (SSSR count). The number of hydrogen-bond donors (Lipinski definition) is 4. The molecular weight excluding hydrogens is 703 g/mol. The quantitative estimate of drug-likeness (QED) is 0.0769. The van der Waals surface area contributed by atoms with Crippen LogP contribution in [0, 0.1) is 0 Å². The Balaban J connectivity index is 0.799. The zero-order chi connectivity index (χ0) is 38.1. The Labute approximate surface area is 321 Å². The number of amides is 2. The fraction of sp³-hybridized carbons (Fsp3) is 0.513. The van der Waals surface area contributed by atoms with Gasteiger partial charge in [-0.3, -0.25) is 19.4 Å². The average molecular weight is 756 g/mol. The van der Waals surface area contributed by atoms with Gasteiger partial charge >= 0.3 is 0 Å². The maximum atomic E-state index is 13.1. The molecule has 0 aliphatic carbocycles. The van der Waals surface area contributed by atoms with Crippen molar-refractivity contribution in [3.05, 3.63) is 59.4 Å². The van der Waals surface area contributed by atoms with Crippen LogP contribution in [-0.2, 0) is 38.6 Å². The minimum atomic E-state index is 0.00322. The number of rotatable bonds is 15. The van der Waals surface area contributed by atoms with Crippen molar-refractivity contribution in [2.24, 2.45) is 0 Å². The second kappa shape index (κ2) is 18.2. The molecule has 16 heteroatoms. The number of anilines is 2. The summed E-state index contributed by atoms with van der Waals surface area (Å²) in [5.74, 6) is 0.620. The van der Waals surface area contributed by atoms with Gasteiger partial charge in [0.2, 0.25) is 11.8 Å². The van der Waals surface area contributed by atoms with Crippen molar-refractivity contribution in [1.82, 2.24) is 44.7 Å². The highest BCUT2D eigenvalue weighted by Gasteiger charge is 2.23. The van der Waals surface area contributed by atoms with Crippen LogP contribution >= 0.6 is 0 Å². The third kappa shape index (κ3) is 9.69. The summed E-state index contributed by atoms with van der Waals surface area (Å²) < 4.78 is 13.5. The molecule has 2 aromatic carbocycles. The highest BCUT2D eigenvalue weighted by molar-refractivity contribution is 5.98. The SMILES string of the molecule is Nc1cc(-c2nn(Cc3ccc4c(c3)CCN(C(=O)CCOCCN3CCN(CCOCCC(=O)N5CCNCC5)CC3)C4)c3ncnc(N)c23)ccc1O. The monoisotopic (exact) mass is 755 g/mol. The second-order valence-electron chi connectivity index (χ2n) is 14.4. The van der Waals surface area contributed by atoms with Gasteiger partial charge in [0.05, 0.1) is 56.9 Å². The molecule has 294 valence electrons. The molecule has 5 heterocycles. The van der Waals surface area contributed by atoms with Crippen LogP contribution in [0.5, 0.6) is 5.75 Å². The number of aromatic nitrogens is 4. The molecule has 2 amide bonds. The summed E-state index contributed by atoms with van der Waals surface area (Å²) in [7, 11) is 0. The first-order chi connectivity index (χ1) is 26.8. The lowest BCUT2D eigenvalue weighted by atomic mass is 9.97. The summed E-state index contributed by atoms with van der Waals surface area (Å²) in [5, 5.41) is 18.7. The lowest BCUT2D eigenvalue weighted by molar-refractivity contribution is -0.134. The minimum Gasteiger partial charge on any atom is -0.506 e. The molecule has 0 bridgehead atoms. The fourth-order valence-corrected chi connectivity index (χ4v) is 7.51. The van der Waals surface area contributed by atoms with Crippen LogP contribution in [0.25, 0.3) is 22.3 Å². The van der Waals surface area contributed by atoms with Crippen molar-refractivity contribution >= 4 is 34.4 Å². The lowest BCUT2D eigenvalue weighted by Gasteiger charge is -2.34. The van der Waals surface area contributed by atoms with E-state index >= 15 is 0 Å². The molecule has 16 nitrogen and oxygen atoms in total. The molecule has 2 fully saturated rings. The van der Waals surface area contributed by atoms with Gasteiger partial charge in [-0.15, -0.1) is 0 Å². The van der Waals surface area contributed by atoms with E-state index in [1.165, 1.54) is 18.0 Å². The maximum absolute atomic E-state index is 13.1. The van der Waals surface area contributed by atoms with Gasteiger partial charge in [0.1, 0.15) is 23.6 Å². The number of phenols is 1. The summed E-state index contributed by atoms with van der Waals surface area (Å²) in [6, 6.07) is 11.3. The Morgan fingerprint density at radius 1 is 0.782 bits per heavy atom. The van der Waals surface area contributed by atoms with E-state index < -0.39 is 0 Å². The Morgan fingerprint density at radius 3 is 2.16 bits per heavy atom. The van der Waals surface area contributed by atoms with Gasteiger partial charge in [-0.05, 0) is 41.3 Å². The first kappa shape index (κ1) is 38.4. The number of benzene rings is 2. The van der Waals surface area contributed by atoms with E-state index in [0.29, 0.717) is 87.0 Å². The van der Waals surface area contributed by atoms with Crippen LogP contribution in [0.4, 0.5) is 11.5 Å². The van der Waals surface area contributed by atoms with E-state index in [-0.39, 0.29) is 23.3 Å². The number of nitrogens with one attached hydrogen (secondary N) is 1. The summed E-state index contributed by atoms with van der Waals surface area (Å²) in [4.78, 5) is 42.7. The number of nitrogens with two attached hydrogens (primary N) is 2. The molecule has 55 heavy (non-hydrogen) atoms. The van der Waals surface area contributed by atoms with E-state index in [9.17, 15) is 14.7 Å². The third-order valence-corrected chi connectivity index (χ3v) is 10.8. The number of carbonyl (C=O) groups is 2. The predicted octanol–water partition coefficient (Wildman–Crippen LogP) is 1.16. The molecule has 3 aliphatic heterocycles. The first-order valence-electron chi connectivity index (χ1n) is 19.4. The van der Waals surface area contributed by atoms with Gasteiger partial charge in [-0.2, -0.15) is 5.10 Å². The first-order valence-corrected chi connectivity index (χ1v) is 19.4. The Hall–Kier alpha value is -4.87. The molecule has 0 unspecified atom stereocenters. The van der Waals surface area contributed by atoms with Crippen LogP contribution < -0.4 is 16.8 Å². The number of hydrogen-bond acceptors (Lipinski definition) is 13. The number of phenolic OH excluding ortho intramolecular Hbond substituents is 1. The normalized spacial score (nSPS) is 16.8. The summed E-state index contributed by atoms with van der Waals surface area (Å²) in [6.07, 6.45) is 3.03. The summed E-state index contributed by atoms with van der Waals surface area (Å²) in [6.45, 7) is 12.9. The molecule has 6 N–H and O–H groups in total. The highest BCUT2D eigenvalue weighted by atomic mass is 16.5. The molecule has 2 saturated heterocycles. The predicted molar refractivity (Wildman–Crippen MR) is 209 cm³/mol. The topological polar surface area (TPSA) is 193 Å². The Morgan fingerprint density at radius 2 is 1.47 bits per heavy atom. The van der Waals surface area contributed by atoms with E-state index in [2.05, 4.69) is 43.3 Å². The average Bonchev–Trinajstić information content (AvgIpc) is 3.58. The molecule has 0 atom stereocenters. The molecule has 0 spiro atoms. The van der Waals surface area contributed by atoms with Crippen LogP contribution in [0.2, 0.25) is 0 Å². The smallest absolute Gasteiger partial charge is 0.225 e. The van der Waals surface area contributed by atoms with Gasteiger partial charge in [0.25, 0.3) is 0 Å². The number of ether oxygens (including phenoxy) is 2. The van der Waals surface area contributed by atoms with Gasteiger partial charge < -0.3 is 41.2 Å². The molecule has 0 radical (unpaired) electrons. The van der Waals surface area contributed by atoms with Crippen molar-refractivity contribution in [3.63, 3.8) is 0 Å². The van der Waals surface area contributed by atoms with Crippen LogP contribution in [-0.4, -0.2) is 155 Å². The number of aromatic hydroxyl groups is 1. The van der Waals surface area contributed by atoms with Crippen LogP contribution in [0.15, 0.2) is 42.7 Å². The van der Waals surface area contributed by atoms with E-state index in [1.807, 2.05) is 14.5 Å². The van der Waals surface area contributed by atoms with Crippen molar-refractivity contribution in [2.75, 3.05) is 110 Å². The van der Waals surface area contributed by atoms with Gasteiger partial charge in [-0.25, -0.2) is 14.6 Å². The maximum Gasteiger partial charge on any atom is 0.225 e. The number of nitrogen functional groups attached to an aromatic ring is 2. The largest absolute Gasteiger partial charge is 0.506 e. The van der Waals surface area contributed by atoms with Crippen molar-refractivity contribution < 1.29 is 24.2 Å². The third-order valence-electron chi connectivity index (χ3n) is 10.8. The highest BCUT2D eigenvalue weighted by Crippen LogP contribution is 2.34. The fourth-order valence-electron chi connectivity index (χ4n) is 7.51. The van der Waals surface area contributed by atoms with Gasteiger partial charge in [0, 0.05) is 84.1 Å². The molecule has 3 aliphatic rings. The molecule has 2 aromatic heterocycles. The summed E-state index contributed by atoms with van der Waals surface area (Å²) in [5.41, 5.74) is 17.8. The van der Waals surface area contributed by atoms with Crippen molar-refractivity contribution in [3.8, 4) is 17.0 Å². The number of piperazine rings is 2. The van der Waals surface area contributed by atoms with E-state index in [4.69, 9.17) is 26.0 Å². The molecule has 0 saturated carbocycles. The summed E-state index contributed by atoms with van der Waals surface area (Å²) >= 11 is 0. The Kier molecular flexibility index (Phi) is 12.7. The zero-order valence-electron chi connectivity index (χ0n) is 31.5. The number of fused-ring (bicyclic) bond motifs is 2. The van der Waals surface area contributed by atoms with Crippen molar-refractivity contribution in [2.45, 2.75) is 32.4 Å². The number of carbonyl (C=O) groups excluding carboxylic acids is 2. The minimum absolute atomic E-state index is 0.00322. The van der Waals surface area contributed by atoms with Gasteiger partial charge in [0.15, 0.2) is 5.65 Å². The van der Waals surface area contributed by atoms with Crippen LogP contribution in [0.1, 0.15) is 29.5 Å². The van der Waals surface area contributed by atoms with E-state index in [1.54, 1.807) is 12.1 Å². The Bertz CT molecular complexity index is 1940. The standard InChI is InChI=1S/C39H53N11O5/c40-32-24-30(3-4-33(32)51)37-36-38(41)43-27-44-39(36)50(45-37)25-28-1-2-31-26-49(10-5-29(31)23-28)35(53)7-20-55-22-18-47-15-13-46(14-16-47)17-21-54-19-6-34(52)48-11-8-42-9-12-48/h1-4,23-24,27,42,51H,5-22,25-26,40H2,(H2,41,43,44). The number of nitrogens with zero attached hydrogens (tertiary/aromatic N) is 8. The lowest BCUT2D eigenvalue weighted by Crippen LogP contribution is -2.48. The van der Waals surface area contributed by atoms with Gasteiger partial charge in [-0.1, -0.05) is 18.2 Å². The molecular formula is C39H53N11O5. The second-order valence-corrected chi connectivity index (χ2v) is 14.4. The van der Waals surface area contributed by atoms with Crippen LogP contribution in [0.3, 0.4) is 0 Å². The van der Waals surface area contributed by atoms with Crippen molar-refractivity contribution in [1.29, 1.82) is 0 Å². The zero-order valence-corrected chi connectivity index (χ0v) is 31.5.